The Morgan fingerprint density at radius 1 is 1.38 bits per heavy atom. The van der Waals surface area contributed by atoms with Crippen LogP contribution in [0.3, 0.4) is 0 Å². The van der Waals surface area contributed by atoms with Crippen molar-refractivity contribution < 1.29 is 4.79 Å². The third-order valence-electron chi connectivity index (χ3n) is 4.75. The number of aryl methyl sites for hydroxylation is 1. The highest BCUT2D eigenvalue weighted by Crippen LogP contribution is 2.17. The second-order valence-electron chi connectivity index (χ2n) is 6.34. The molecule has 24 heavy (non-hydrogen) atoms. The van der Waals surface area contributed by atoms with Crippen molar-refractivity contribution in [3.8, 4) is 12.3 Å². The number of benzene rings is 1. The first kappa shape index (κ1) is 16.5. The molecule has 1 aliphatic rings. The molecule has 3 rings (SSSR count). The summed E-state index contributed by atoms with van der Waals surface area (Å²) in [6, 6.07) is 8.09. The van der Waals surface area contributed by atoms with Crippen molar-refractivity contribution in [2.75, 3.05) is 26.2 Å². The quantitative estimate of drug-likeness (QED) is 0.854. The number of likely N-dealkylation sites (tertiary alicyclic amines) is 1. The Bertz CT molecular complexity index is 750. The molecule has 1 amide bonds. The van der Waals surface area contributed by atoms with Gasteiger partial charge in [0, 0.05) is 19.0 Å². The number of carbonyl (C=O) groups is 1. The predicted molar refractivity (Wildman–Crippen MR) is 95.5 cm³/mol. The highest BCUT2D eigenvalue weighted by molar-refractivity contribution is 5.79. The van der Waals surface area contributed by atoms with Gasteiger partial charge in [-0.2, -0.15) is 0 Å². The van der Waals surface area contributed by atoms with Gasteiger partial charge in [0.1, 0.15) is 5.82 Å². The van der Waals surface area contributed by atoms with Gasteiger partial charge in [-0.05, 0) is 45.0 Å². The van der Waals surface area contributed by atoms with Crippen LogP contribution in [0.5, 0.6) is 0 Å². The summed E-state index contributed by atoms with van der Waals surface area (Å²) in [4.78, 5) is 19.1. The molecule has 1 aromatic carbocycles. The average molecular weight is 324 g/mol. The first-order chi connectivity index (χ1) is 11.7. The molecule has 2 heterocycles. The minimum atomic E-state index is 0.111. The Kier molecular flexibility index (Phi) is 5.17. The van der Waals surface area contributed by atoms with Gasteiger partial charge in [0.15, 0.2) is 0 Å². The number of aromatic nitrogens is 2. The molecule has 1 aliphatic heterocycles. The zero-order valence-corrected chi connectivity index (χ0v) is 14.2. The molecule has 0 aliphatic carbocycles. The summed E-state index contributed by atoms with van der Waals surface area (Å²) >= 11 is 0. The van der Waals surface area contributed by atoms with Crippen LogP contribution in [0, 0.1) is 25.2 Å². The third-order valence-corrected chi connectivity index (χ3v) is 4.75. The van der Waals surface area contributed by atoms with E-state index < -0.39 is 0 Å². The SMILES string of the molecule is C#CCN1CCC(C(=O)NCCn2c(C)nc3ccccc32)CC1. The monoisotopic (exact) mass is 324 g/mol. The molecular weight excluding hydrogens is 300 g/mol. The number of imidazole rings is 1. The van der Waals surface area contributed by atoms with Crippen LogP contribution in [0.15, 0.2) is 24.3 Å². The average Bonchev–Trinajstić information content (AvgIpc) is 2.91. The number of carbonyl (C=O) groups excluding carboxylic acids is 1. The molecule has 2 aromatic rings. The summed E-state index contributed by atoms with van der Waals surface area (Å²) < 4.78 is 2.16. The van der Waals surface area contributed by atoms with Gasteiger partial charge in [-0.3, -0.25) is 9.69 Å². The molecule has 1 aromatic heterocycles. The Morgan fingerprint density at radius 3 is 2.88 bits per heavy atom. The topological polar surface area (TPSA) is 50.2 Å². The Hall–Kier alpha value is -2.32. The van der Waals surface area contributed by atoms with Gasteiger partial charge in [0.25, 0.3) is 0 Å². The molecular formula is C19H24N4O. The number of para-hydroxylation sites is 2. The number of amides is 1. The van der Waals surface area contributed by atoms with Gasteiger partial charge in [0.2, 0.25) is 5.91 Å². The Balaban J connectivity index is 1.50. The fraction of sp³-hybridized carbons (Fsp3) is 0.474. The van der Waals surface area contributed by atoms with Crippen LogP contribution in [0.1, 0.15) is 18.7 Å². The number of terminal acetylenes is 1. The van der Waals surface area contributed by atoms with E-state index in [4.69, 9.17) is 6.42 Å². The molecule has 5 nitrogen and oxygen atoms in total. The van der Waals surface area contributed by atoms with Crippen LogP contribution in [-0.2, 0) is 11.3 Å². The molecule has 126 valence electrons. The lowest BCUT2D eigenvalue weighted by Gasteiger charge is -2.29. The van der Waals surface area contributed by atoms with Crippen molar-refractivity contribution >= 4 is 16.9 Å². The maximum absolute atomic E-state index is 12.3. The van der Waals surface area contributed by atoms with E-state index >= 15 is 0 Å². The molecule has 5 heteroatoms. The molecule has 1 N–H and O–H groups in total. The highest BCUT2D eigenvalue weighted by Gasteiger charge is 2.24. The summed E-state index contributed by atoms with van der Waals surface area (Å²) in [6.45, 7) is 5.88. The second kappa shape index (κ2) is 7.50. The fourth-order valence-electron chi connectivity index (χ4n) is 3.40. The normalized spacial score (nSPS) is 16.2. The van der Waals surface area contributed by atoms with Crippen LogP contribution in [-0.4, -0.2) is 46.5 Å². The summed E-state index contributed by atoms with van der Waals surface area (Å²) in [5.41, 5.74) is 2.12. The number of rotatable bonds is 5. The molecule has 0 bridgehead atoms. The van der Waals surface area contributed by atoms with E-state index in [0.29, 0.717) is 13.1 Å². The van der Waals surface area contributed by atoms with Crippen LogP contribution < -0.4 is 5.32 Å². The first-order valence-corrected chi connectivity index (χ1v) is 8.54. The van der Waals surface area contributed by atoms with Crippen LogP contribution in [0.2, 0.25) is 0 Å². The van der Waals surface area contributed by atoms with E-state index in [1.807, 2.05) is 25.1 Å². The number of fused-ring (bicyclic) bond motifs is 1. The number of nitrogens with zero attached hydrogens (tertiary/aromatic N) is 3. The lowest BCUT2D eigenvalue weighted by atomic mass is 9.96. The van der Waals surface area contributed by atoms with Gasteiger partial charge < -0.3 is 9.88 Å². The number of piperidine rings is 1. The molecule has 1 saturated heterocycles. The lowest BCUT2D eigenvalue weighted by Crippen LogP contribution is -2.41. The molecule has 0 unspecified atom stereocenters. The molecule has 0 saturated carbocycles. The van der Waals surface area contributed by atoms with E-state index in [-0.39, 0.29) is 11.8 Å². The van der Waals surface area contributed by atoms with E-state index in [1.54, 1.807) is 0 Å². The van der Waals surface area contributed by atoms with E-state index in [0.717, 1.165) is 49.3 Å². The van der Waals surface area contributed by atoms with Crippen LogP contribution in [0.25, 0.3) is 11.0 Å². The van der Waals surface area contributed by atoms with E-state index in [1.165, 1.54) is 0 Å². The minimum absolute atomic E-state index is 0.111. The molecule has 1 fully saturated rings. The van der Waals surface area contributed by atoms with E-state index in [9.17, 15) is 4.79 Å². The first-order valence-electron chi connectivity index (χ1n) is 8.54. The third kappa shape index (κ3) is 3.60. The number of hydrogen-bond acceptors (Lipinski definition) is 3. The predicted octanol–water partition coefficient (Wildman–Crippen LogP) is 1.81. The van der Waals surface area contributed by atoms with Crippen molar-refractivity contribution in [3.63, 3.8) is 0 Å². The van der Waals surface area contributed by atoms with Gasteiger partial charge in [-0.25, -0.2) is 4.98 Å². The zero-order chi connectivity index (χ0) is 16.9. The molecule has 0 radical (unpaired) electrons. The van der Waals surface area contributed by atoms with Crippen molar-refractivity contribution in [1.29, 1.82) is 0 Å². The number of hydrogen-bond donors (Lipinski definition) is 1. The molecule has 0 spiro atoms. The second-order valence-corrected chi connectivity index (χ2v) is 6.34. The van der Waals surface area contributed by atoms with Gasteiger partial charge in [-0.1, -0.05) is 18.1 Å². The van der Waals surface area contributed by atoms with Gasteiger partial charge in [-0.15, -0.1) is 6.42 Å². The van der Waals surface area contributed by atoms with E-state index in [2.05, 4.69) is 31.8 Å². The summed E-state index contributed by atoms with van der Waals surface area (Å²) in [5.74, 6) is 3.92. The molecule has 0 atom stereocenters. The highest BCUT2D eigenvalue weighted by atomic mass is 16.1. The maximum atomic E-state index is 12.3. The minimum Gasteiger partial charge on any atom is -0.354 e. The van der Waals surface area contributed by atoms with Gasteiger partial charge in [0.05, 0.1) is 17.6 Å². The maximum Gasteiger partial charge on any atom is 0.223 e. The van der Waals surface area contributed by atoms with Crippen molar-refractivity contribution in [2.45, 2.75) is 26.3 Å². The van der Waals surface area contributed by atoms with Crippen LogP contribution in [0.4, 0.5) is 0 Å². The Morgan fingerprint density at radius 2 is 2.12 bits per heavy atom. The zero-order valence-electron chi connectivity index (χ0n) is 14.2. The van der Waals surface area contributed by atoms with Crippen molar-refractivity contribution in [1.82, 2.24) is 19.8 Å². The van der Waals surface area contributed by atoms with Crippen molar-refractivity contribution in [3.05, 3.63) is 30.1 Å². The largest absolute Gasteiger partial charge is 0.354 e. The van der Waals surface area contributed by atoms with Crippen LogP contribution >= 0.6 is 0 Å². The van der Waals surface area contributed by atoms with Crippen molar-refractivity contribution in [2.24, 2.45) is 5.92 Å². The van der Waals surface area contributed by atoms with Gasteiger partial charge >= 0.3 is 0 Å². The smallest absolute Gasteiger partial charge is 0.223 e. The summed E-state index contributed by atoms with van der Waals surface area (Å²) in [6.07, 6.45) is 7.12. The summed E-state index contributed by atoms with van der Waals surface area (Å²) in [5, 5.41) is 3.08. The fourth-order valence-corrected chi connectivity index (χ4v) is 3.40. The Labute approximate surface area is 143 Å². The summed E-state index contributed by atoms with van der Waals surface area (Å²) in [7, 11) is 0. The lowest BCUT2D eigenvalue weighted by molar-refractivity contribution is -0.126. The number of nitrogens with one attached hydrogen (secondary N) is 1. The standard InChI is InChI=1S/C19H24N4O/c1-3-11-22-12-8-16(9-13-22)19(24)20-10-14-23-15(2)21-17-6-4-5-7-18(17)23/h1,4-7,16H,8-14H2,2H3,(H,20,24).